The Kier molecular flexibility index (Phi) is 29.6. The third kappa shape index (κ3) is 21.0. The van der Waals surface area contributed by atoms with Gasteiger partial charge in [0.25, 0.3) is 0 Å². The fourth-order valence-corrected chi connectivity index (χ4v) is 14.4. The SMILES string of the molecule is C=CC(=O)N(C)CCCCCCN1c2ccccc2CCc2ccccc21.C=CC(=O)N(C)CCCCCN1c2ccccc2CCc2ccccc21.C=CC(=O)N(C)CCCCN1c2ccccc2CCc2ccccc21.C=CC(=O)N(C)CCCN1c2ccccc2CCc2ccccc21. The van der Waals surface area contributed by atoms with Crippen LogP contribution in [0.1, 0.15) is 109 Å². The number of hydrogen-bond acceptors (Lipinski definition) is 8. The van der Waals surface area contributed by atoms with Crippen LogP contribution in [0.15, 0.2) is 245 Å². The molecule has 4 heterocycles. The van der Waals surface area contributed by atoms with E-state index < -0.39 is 0 Å². The number of hydrogen-bond donors (Lipinski definition) is 0. The van der Waals surface area contributed by atoms with Gasteiger partial charge in [-0.3, -0.25) is 19.2 Å². The van der Waals surface area contributed by atoms with E-state index in [1.807, 2.05) is 28.2 Å². The lowest BCUT2D eigenvalue weighted by Crippen LogP contribution is -2.29. The molecule has 8 aromatic carbocycles. The van der Waals surface area contributed by atoms with E-state index >= 15 is 0 Å². The Hall–Kier alpha value is -10.2. The molecule has 0 aliphatic carbocycles. The average Bonchev–Trinajstić information content (AvgIpc) is 1.65. The predicted octanol–water partition coefficient (Wildman–Crippen LogP) is 18.2. The molecule has 102 heavy (non-hydrogen) atoms. The Labute approximate surface area is 609 Å². The van der Waals surface area contributed by atoms with Gasteiger partial charge < -0.3 is 39.2 Å². The molecule has 12 nitrogen and oxygen atoms in total. The molecular formula is C90H108N8O4. The standard InChI is InChI=1S/C24H30N2O.C23H28N2O.C22H26N2O.C21H24N2O/c1-3-24(27)25(2)18-10-4-5-11-19-26-22-14-8-6-12-20(22)16-17-21-13-7-9-15-23(21)26;1-3-23(26)24(2)17-9-4-10-18-25-21-13-7-5-11-19(21)15-16-20-12-6-8-14-22(20)25;1-3-22(25)23(2)16-8-9-17-24-20-12-6-4-10-18(20)14-15-19-11-5-7-13-21(19)24;1-3-21(24)22(2)15-8-16-23-19-11-6-4-9-17(19)13-14-18-10-5-7-12-20(18)23/h3,6-9,12-15H,1,4-5,10-11,16-19H2,2H3;3,5-8,11-14H,1,4,9-10,15-18H2,2H3;3-7,10-13H,1,8-9,14-17H2,2H3;3-7,9-12H,1,8,13-16H2,2H3. The maximum absolute atomic E-state index is 11.6. The quantitative estimate of drug-likeness (QED) is 0.0391. The second-order valence-corrected chi connectivity index (χ2v) is 27.0. The molecular weight excluding hydrogens is 1260 g/mol. The van der Waals surface area contributed by atoms with Crippen molar-refractivity contribution in [3.8, 4) is 0 Å². The molecule has 4 aliphatic rings. The highest BCUT2D eigenvalue weighted by molar-refractivity contribution is 5.88. The highest BCUT2D eigenvalue weighted by Crippen LogP contribution is 2.40. The summed E-state index contributed by atoms with van der Waals surface area (Å²) in [5, 5.41) is 0. The van der Waals surface area contributed by atoms with Gasteiger partial charge in [0.05, 0.1) is 0 Å². The molecule has 4 amide bonds. The minimum Gasteiger partial charge on any atom is -0.342 e. The van der Waals surface area contributed by atoms with Crippen LogP contribution in [0.5, 0.6) is 0 Å². The zero-order valence-corrected chi connectivity index (χ0v) is 61.2. The molecule has 0 bridgehead atoms. The molecule has 0 N–H and O–H groups in total. The molecule has 8 aromatic rings. The molecule has 0 radical (unpaired) electrons. The van der Waals surface area contributed by atoms with Crippen LogP contribution < -0.4 is 19.6 Å². The summed E-state index contributed by atoms with van der Waals surface area (Å²) in [5.74, 6) is -0.0229. The number of aryl methyl sites for hydroxylation is 8. The number of carbonyl (C=O) groups excluding carboxylic acids is 4. The van der Waals surface area contributed by atoms with Gasteiger partial charge >= 0.3 is 0 Å². The minimum atomic E-state index is -0.0216. The largest absolute Gasteiger partial charge is 0.342 e. The van der Waals surface area contributed by atoms with Gasteiger partial charge in [-0.15, -0.1) is 0 Å². The monoisotopic (exact) mass is 1360 g/mol. The fourth-order valence-electron chi connectivity index (χ4n) is 14.4. The van der Waals surface area contributed by atoms with E-state index in [1.54, 1.807) is 19.6 Å². The molecule has 12 heteroatoms. The van der Waals surface area contributed by atoms with Crippen molar-refractivity contribution in [2.45, 2.75) is 116 Å². The van der Waals surface area contributed by atoms with Crippen LogP contribution in [0.4, 0.5) is 45.5 Å². The van der Waals surface area contributed by atoms with Crippen molar-refractivity contribution in [2.24, 2.45) is 0 Å². The molecule has 0 atom stereocenters. The third-order valence-electron chi connectivity index (χ3n) is 20.1. The summed E-state index contributed by atoms with van der Waals surface area (Å²) in [5.41, 5.74) is 22.0. The summed E-state index contributed by atoms with van der Waals surface area (Å²) < 4.78 is 0. The Morgan fingerprint density at radius 3 is 0.627 bits per heavy atom. The molecule has 12 rings (SSSR count). The van der Waals surface area contributed by atoms with E-state index in [1.165, 1.54) is 121 Å². The number of carbonyl (C=O) groups is 4. The number of unbranched alkanes of at least 4 members (excludes halogenated alkanes) is 6. The Morgan fingerprint density at radius 1 is 0.255 bits per heavy atom. The Morgan fingerprint density at radius 2 is 0.412 bits per heavy atom. The summed E-state index contributed by atoms with van der Waals surface area (Å²) in [6.07, 6.45) is 24.9. The van der Waals surface area contributed by atoms with Crippen molar-refractivity contribution in [3.05, 3.63) is 289 Å². The number of para-hydroxylation sites is 8. The predicted molar refractivity (Wildman–Crippen MR) is 427 cm³/mol. The smallest absolute Gasteiger partial charge is 0.245 e. The number of fused-ring (bicyclic) bond motifs is 8. The van der Waals surface area contributed by atoms with Crippen LogP contribution >= 0.6 is 0 Å². The topological polar surface area (TPSA) is 94.2 Å². The lowest BCUT2D eigenvalue weighted by molar-refractivity contribution is -0.125. The fraction of sp³-hybridized carbons (Fsp3) is 0.333. The number of rotatable bonds is 26. The van der Waals surface area contributed by atoms with Gasteiger partial charge in [0, 0.05) is 126 Å². The van der Waals surface area contributed by atoms with Crippen LogP contribution in [0.2, 0.25) is 0 Å². The highest BCUT2D eigenvalue weighted by Gasteiger charge is 2.25. The third-order valence-corrected chi connectivity index (χ3v) is 20.1. The van der Waals surface area contributed by atoms with E-state index in [2.05, 4.69) is 240 Å². The van der Waals surface area contributed by atoms with E-state index in [-0.39, 0.29) is 23.6 Å². The van der Waals surface area contributed by atoms with Crippen LogP contribution in [0.25, 0.3) is 0 Å². The van der Waals surface area contributed by atoms with E-state index in [9.17, 15) is 19.2 Å². The molecule has 532 valence electrons. The molecule has 0 aromatic heterocycles. The molecule has 0 spiro atoms. The highest BCUT2D eigenvalue weighted by atomic mass is 16.2. The maximum Gasteiger partial charge on any atom is 0.245 e. The van der Waals surface area contributed by atoms with E-state index in [4.69, 9.17) is 0 Å². The molecule has 0 saturated heterocycles. The van der Waals surface area contributed by atoms with Gasteiger partial charge in [-0.1, -0.05) is 185 Å². The number of anilines is 8. The normalized spacial score (nSPS) is 12.7. The number of nitrogens with zero attached hydrogens (tertiary/aromatic N) is 8. The number of likely N-dealkylation sites (N-methyl/N-ethyl adjacent to an activating group) is 4. The van der Waals surface area contributed by atoms with Crippen LogP contribution in [0, 0.1) is 0 Å². The van der Waals surface area contributed by atoms with Gasteiger partial charge in [-0.05, 0) is 220 Å². The first kappa shape index (κ1) is 76.0. The first-order valence-corrected chi connectivity index (χ1v) is 37.1. The molecule has 0 fully saturated rings. The van der Waals surface area contributed by atoms with Crippen LogP contribution in [0.3, 0.4) is 0 Å². The lowest BCUT2D eigenvalue weighted by Gasteiger charge is -2.28. The zero-order chi connectivity index (χ0) is 72.0. The van der Waals surface area contributed by atoms with Crippen molar-refractivity contribution in [2.75, 3.05) is 100 Å². The first-order valence-electron chi connectivity index (χ1n) is 37.1. The summed E-state index contributed by atoms with van der Waals surface area (Å²) in [4.78, 5) is 63.0. The summed E-state index contributed by atoms with van der Waals surface area (Å²) >= 11 is 0. The van der Waals surface area contributed by atoms with E-state index in [0.717, 1.165) is 162 Å². The second kappa shape index (κ2) is 39.7. The van der Waals surface area contributed by atoms with Crippen LogP contribution in [-0.2, 0) is 70.5 Å². The van der Waals surface area contributed by atoms with Crippen molar-refractivity contribution >= 4 is 69.1 Å². The van der Waals surface area contributed by atoms with Gasteiger partial charge in [0.15, 0.2) is 0 Å². The Balaban J connectivity index is 0.000000158. The van der Waals surface area contributed by atoms with Gasteiger partial charge in [-0.25, -0.2) is 0 Å². The van der Waals surface area contributed by atoms with Crippen LogP contribution in [-0.4, -0.2) is 124 Å². The van der Waals surface area contributed by atoms with Gasteiger partial charge in [0.2, 0.25) is 23.6 Å². The summed E-state index contributed by atoms with van der Waals surface area (Å²) in [6, 6.07) is 69.9. The molecule has 4 aliphatic heterocycles. The van der Waals surface area contributed by atoms with Gasteiger partial charge in [-0.2, -0.15) is 0 Å². The van der Waals surface area contributed by atoms with Crippen molar-refractivity contribution in [3.63, 3.8) is 0 Å². The minimum absolute atomic E-state index is 0.000345. The summed E-state index contributed by atoms with van der Waals surface area (Å²) in [7, 11) is 7.34. The lowest BCUT2D eigenvalue weighted by atomic mass is 10.0. The molecule has 0 saturated carbocycles. The van der Waals surface area contributed by atoms with Crippen molar-refractivity contribution in [1.82, 2.24) is 19.6 Å². The van der Waals surface area contributed by atoms with Crippen molar-refractivity contribution in [1.29, 1.82) is 0 Å². The summed E-state index contributed by atoms with van der Waals surface area (Å²) in [6.45, 7) is 21.2. The molecule has 0 unspecified atom stereocenters. The van der Waals surface area contributed by atoms with Crippen molar-refractivity contribution < 1.29 is 19.2 Å². The van der Waals surface area contributed by atoms with Gasteiger partial charge in [0.1, 0.15) is 0 Å². The first-order chi connectivity index (χ1) is 49.8. The number of benzene rings is 8. The second-order valence-electron chi connectivity index (χ2n) is 27.0. The van der Waals surface area contributed by atoms with E-state index in [0.29, 0.717) is 0 Å². The zero-order valence-electron chi connectivity index (χ0n) is 61.2. The Bertz CT molecular complexity index is 3890. The average molecular weight is 1370 g/mol. The maximum atomic E-state index is 11.6. The number of amides is 4.